The Morgan fingerprint density at radius 3 is 2.57 bits per heavy atom. The van der Waals surface area contributed by atoms with Crippen LogP contribution in [-0.2, 0) is 19.6 Å². The van der Waals surface area contributed by atoms with Crippen LogP contribution in [0.3, 0.4) is 0 Å². The minimum atomic E-state index is -1.09. The summed E-state index contributed by atoms with van der Waals surface area (Å²) < 4.78 is 5.21. The maximum absolute atomic E-state index is 11.3. The topological polar surface area (TPSA) is 74.7 Å². The van der Waals surface area contributed by atoms with Crippen molar-refractivity contribution in [1.29, 1.82) is 0 Å². The molecule has 1 amide bonds. The van der Waals surface area contributed by atoms with Crippen molar-refractivity contribution >= 4 is 11.8 Å². The lowest BCUT2D eigenvalue weighted by Gasteiger charge is -2.14. The number of nitrogens with one attached hydrogen (secondary N) is 1. The number of carboxylic acid groups (broad SMARTS) is 1. The first-order chi connectivity index (χ1) is 13.6. The van der Waals surface area contributed by atoms with Gasteiger partial charge in [0.05, 0.1) is 24.2 Å². The Balaban J connectivity index is 1.60. The van der Waals surface area contributed by atoms with Crippen molar-refractivity contribution in [1.82, 2.24) is 9.88 Å². The van der Waals surface area contributed by atoms with E-state index in [4.69, 9.17) is 9.72 Å². The lowest BCUT2D eigenvalue weighted by molar-refractivity contribution is 0.209. The number of ether oxygens (including phenoxy) is 1. The number of anilines is 1. The Kier molecular flexibility index (Phi) is 4.95. The lowest BCUT2D eigenvalue weighted by Crippen LogP contribution is -2.15. The molecule has 1 aliphatic heterocycles. The van der Waals surface area contributed by atoms with Crippen LogP contribution in [0.2, 0.25) is 0 Å². The molecule has 0 saturated carbocycles. The van der Waals surface area contributed by atoms with Gasteiger partial charge in [0.15, 0.2) is 0 Å². The Morgan fingerprint density at radius 2 is 1.89 bits per heavy atom. The number of carbonyl (C=O) groups is 1. The molecule has 6 heteroatoms. The normalized spacial score (nSPS) is 13.2. The van der Waals surface area contributed by atoms with Crippen molar-refractivity contribution < 1.29 is 14.6 Å². The quantitative estimate of drug-likeness (QED) is 0.693. The van der Waals surface area contributed by atoms with Gasteiger partial charge in [-0.05, 0) is 29.3 Å². The number of hydrogen-bond acceptors (Lipinski definition) is 4. The van der Waals surface area contributed by atoms with Gasteiger partial charge in [0.25, 0.3) is 0 Å². The molecule has 142 valence electrons. The summed E-state index contributed by atoms with van der Waals surface area (Å²) in [5.41, 5.74) is 5.31. The molecule has 1 aromatic heterocycles. The molecule has 0 aliphatic carbocycles. The average molecular weight is 375 g/mol. The fraction of sp³-hybridized carbons (Fsp3) is 0.182. The maximum Gasteiger partial charge on any atom is 0.409 e. The van der Waals surface area contributed by atoms with Gasteiger partial charge >= 0.3 is 6.09 Å². The van der Waals surface area contributed by atoms with Gasteiger partial charge in [-0.2, -0.15) is 0 Å². The first-order valence-electron chi connectivity index (χ1n) is 9.06. The van der Waals surface area contributed by atoms with E-state index in [1.54, 1.807) is 7.11 Å². The van der Waals surface area contributed by atoms with E-state index >= 15 is 0 Å². The van der Waals surface area contributed by atoms with Crippen molar-refractivity contribution in [2.45, 2.75) is 19.6 Å². The lowest BCUT2D eigenvalue weighted by atomic mass is 10.1. The van der Waals surface area contributed by atoms with E-state index in [0.717, 1.165) is 42.2 Å². The summed E-state index contributed by atoms with van der Waals surface area (Å²) in [7, 11) is 1.66. The minimum Gasteiger partial charge on any atom is -0.497 e. The highest BCUT2D eigenvalue weighted by atomic mass is 16.5. The van der Waals surface area contributed by atoms with Crippen LogP contribution in [0.5, 0.6) is 5.75 Å². The molecule has 2 N–H and O–H groups in total. The molecule has 28 heavy (non-hydrogen) atoms. The van der Waals surface area contributed by atoms with Gasteiger partial charge in [0.2, 0.25) is 0 Å². The Labute approximate surface area is 163 Å². The molecule has 0 atom stereocenters. The van der Waals surface area contributed by atoms with E-state index in [1.807, 2.05) is 48.5 Å². The first kappa shape index (κ1) is 18.0. The second-order valence-corrected chi connectivity index (χ2v) is 6.78. The van der Waals surface area contributed by atoms with E-state index in [9.17, 15) is 9.90 Å². The Bertz CT molecular complexity index is 988. The largest absolute Gasteiger partial charge is 0.497 e. The Hall–Kier alpha value is -3.38. The van der Waals surface area contributed by atoms with Crippen molar-refractivity contribution in [3.8, 4) is 17.0 Å². The predicted molar refractivity (Wildman–Crippen MR) is 107 cm³/mol. The number of aromatic nitrogens is 1. The smallest absolute Gasteiger partial charge is 0.409 e. The summed E-state index contributed by atoms with van der Waals surface area (Å²) in [6.45, 7) is 2.26. The molecule has 3 aromatic rings. The zero-order valence-corrected chi connectivity index (χ0v) is 15.6. The third kappa shape index (κ3) is 3.82. The van der Waals surface area contributed by atoms with Gasteiger partial charge in [0.1, 0.15) is 5.75 Å². The second kappa shape index (κ2) is 7.70. The fourth-order valence-corrected chi connectivity index (χ4v) is 3.50. The SMILES string of the molecule is COc1ccc(CN2Cc3cc(NC(=O)O)c(-c4ccccc4)nc3C2)cc1. The fourth-order valence-electron chi connectivity index (χ4n) is 3.50. The molecule has 0 bridgehead atoms. The van der Waals surface area contributed by atoms with Gasteiger partial charge < -0.3 is 9.84 Å². The highest BCUT2D eigenvalue weighted by Gasteiger charge is 2.23. The number of benzene rings is 2. The average Bonchev–Trinajstić information content (AvgIpc) is 3.09. The van der Waals surface area contributed by atoms with Crippen LogP contribution in [-0.4, -0.2) is 28.2 Å². The van der Waals surface area contributed by atoms with Crippen LogP contribution in [0.25, 0.3) is 11.3 Å². The number of methoxy groups -OCH3 is 1. The number of hydrogen-bond donors (Lipinski definition) is 2. The van der Waals surface area contributed by atoms with E-state index in [2.05, 4.69) is 22.3 Å². The third-order valence-corrected chi connectivity index (χ3v) is 4.81. The number of pyridine rings is 1. The van der Waals surface area contributed by atoms with Crippen molar-refractivity contribution in [2.24, 2.45) is 0 Å². The van der Waals surface area contributed by atoms with Crippen LogP contribution in [0, 0.1) is 0 Å². The molecule has 0 unspecified atom stereocenters. The molecule has 2 heterocycles. The van der Waals surface area contributed by atoms with E-state index < -0.39 is 6.09 Å². The summed E-state index contributed by atoms with van der Waals surface area (Å²) in [4.78, 5) is 18.3. The molecule has 0 fully saturated rings. The van der Waals surface area contributed by atoms with Crippen molar-refractivity contribution in [3.05, 3.63) is 77.5 Å². The molecule has 4 rings (SSSR count). The minimum absolute atomic E-state index is 0.517. The van der Waals surface area contributed by atoms with Crippen LogP contribution < -0.4 is 10.1 Å². The van der Waals surface area contributed by atoms with Crippen LogP contribution >= 0.6 is 0 Å². The van der Waals surface area contributed by atoms with Gasteiger partial charge in [-0.3, -0.25) is 10.2 Å². The summed E-state index contributed by atoms with van der Waals surface area (Å²) in [5, 5.41) is 11.7. The zero-order valence-electron chi connectivity index (χ0n) is 15.6. The zero-order chi connectivity index (χ0) is 19.5. The van der Waals surface area contributed by atoms with E-state index in [0.29, 0.717) is 11.4 Å². The Morgan fingerprint density at radius 1 is 1.14 bits per heavy atom. The highest BCUT2D eigenvalue weighted by Crippen LogP contribution is 2.32. The monoisotopic (exact) mass is 375 g/mol. The van der Waals surface area contributed by atoms with Crippen LogP contribution in [0.1, 0.15) is 16.8 Å². The summed E-state index contributed by atoms with van der Waals surface area (Å²) >= 11 is 0. The van der Waals surface area contributed by atoms with Crippen LogP contribution in [0.15, 0.2) is 60.7 Å². The van der Waals surface area contributed by atoms with Gasteiger partial charge in [0, 0.05) is 25.2 Å². The number of amides is 1. The highest BCUT2D eigenvalue weighted by molar-refractivity contribution is 5.89. The molecule has 0 saturated heterocycles. The number of nitrogens with zero attached hydrogens (tertiary/aromatic N) is 2. The van der Waals surface area contributed by atoms with E-state index in [1.165, 1.54) is 5.56 Å². The second-order valence-electron chi connectivity index (χ2n) is 6.78. The molecular weight excluding hydrogens is 354 g/mol. The number of rotatable bonds is 5. The maximum atomic E-state index is 11.3. The summed E-state index contributed by atoms with van der Waals surface area (Å²) in [6, 6.07) is 19.6. The molecular formula is C22H21N3O3. The van der Waals surface area contributed by atoms with E-state index in [-0.39, 0.29) is 0 Å². The third-order valence-electron chi connectivity index (χ3n) is 4.81. The first-order valence-corrected chi connectivity index (χ1v) is 9.06. The van der Waals surface area contributed by atoms with Crippen LogP contribution in [0.4, 0.5) is 10.5 Å². The standard InChI is InChI=1S/C22H21N3O3/c1-28-18-9-7-15(8-10-18)12-25-13-17-11-19(24-22(26)27)21(23-20(17)14-25)16-5-3-2-4-6-16/h2-11,24H,12-14H2,1H3,(H,26,27). The number of fused-ring (bicyclic) bond motifs is 1. The van der Waals surface area contributed by atoms with Gasteiger partial charge in [-0.1, -0.05) is 42.5 Å². The molecule has 6 nitrogen and oxygen atoms in total. The summed E-state index contributed by atoms with van der Waals surface area (Å²) in [5.74, 6) is 0.840. The van der Waals surface area contributed by atoms with Crippen molar-refractivity contribution in [3.63, 3.8) is 0 Å². The molecule has 1 aliphatic rings. The molecule has 0 spiro atoms. The molecule has 2 aromatic carbocycles. The predicted octanol–water partition coefficient (Wildman–Crippen LogP) is 4.36. The molecule has 0 radical (unpaired) electrons. The van der Waals surface area contributed by atoms with Crippen molar-refractivity contribution in [2.75, 3.05) is 12.4 Å². The van der Waals surface area contributed by atoms with Gasteiger partial charge in [-0.15, -0.1) is 0 Å². The van der Waals surface area contributed by atoms with Gasteiger partial charge in [-0.25, -0.2) is 9.78 Å². The summed E-state index contributed by atoms with van der Waals surface area (Å²) in [6.07, 6.45) is -1.09.